The number of methoxy groups -OCH3 is 1. The van der Waals surface area contributed by atoms with E-state index >= 15 is 0 Å². The summed E-state index contributed by atoms with van der Waals surface area (Å²) in [6.07, 6.45) is 2.77. The van der Waals surface area contributed by atoms with E-state index in [2.05, 4.69) is 59.2 Å². The number of fused-ring (bicyclic) bond motifs is 1. The van der Waals surface area contributed by atoms with E-state index in [0.717, 1.165) is 23.1 Å². The van der Waals surface area contributed by atoms with Crippen LogP contribution >= 0.6 is 0 Å². The summed E-state index contributed by atoms with van der Waals surface area (Å²) in [5.41, 5.74) is 2.43. The molecule has 0 unspecified atom stereocenters. The Morgan fingerprint density at radius 3 is 2.69 bits per heavy atom. The Morgan fingerprint density at radius 1 is 1.18 bits per heavy atom. The van der Waals surface area contributed by atoms with Gasteiger partial charge in [-0.25, -0.2) is 14.4 Å². The summed E-state index contributed by atoms with van der Waals surface area (Å²) in [5.74, 6) is 4.07. The Balaban J connectivity index is 1.38. The first kappa shape index (κ1) is 27.7. The molecule has 1 aromatic carbocycles. The molecule has 10 heteroatoms. The fourth-order valence-corrected chi connectivity index (χ4v) is 6.75. The largest absolute Gasteiger partial charge is 0.378 e. The first-order chi connectivity index (χ1) is 18.8. The maximum Gasteiger partial charge on any atom is 0.227 e. The highest BCUT2D eigenvalue weighted by Gasteiger charge is 2.37. The minimum Gasteiger partial charge on any atom is -0.378 e. The third-order valence-electron chi connectivity index (χ3n) is 8.14. The molecule has 2 saturated heterocycles. The zero-order chi connectivity index (χ0) is 27.7. The molecular weight excluding hydrogens is 515 g/mol. The van der Waals surface area contributed by atoms with Crippen LogP contribution in [0, 0.1) is 5.92 Å². The summed E-state index contributed by atoms with van der Waals surface area (Å²) >= 11 is 0. The van der Waals surface area contributed by atoms with Crippen molar-refractivity contribution in [1.82, 2.24) is 15.0 Å². The first-order valence-corrected chi connectivity index (χ1v) is 15.3. The van der Waals surface area contributed by atoms with Gasteiger partial charge in [0.05, 0.1) is 12.6 Å². The highest BCUT2D eigenvalue weighted by Crippen LogP contribution is 2.39. The maximum atomic E-state index is 14.5. The van der Waals surface area contributed by atoms with E-state index in [0.29, 0.717) is 54.2 Å². The molecule has 4 heterocycles. The number of pyridine rings is 1. The number of benzene rings is 1. The molecule has 0 radical (unpaired) electrons. The first-order valence-electron chi connectivity index (χ1n) is 13.8. The van der Waals surface area contributed by atoms with Crippen molar-refractivity contribution in [3.05, 3.63) is 42.2 Å². The summed E-state index contributed by atoms with van der Waals surface area (Å²) in [4.78, 5) is 18.0. The molecular formula is C29H39FN6O2S. The molecule has 0 spiro atoms. The number of aromatic nitrogens is 3. The van der Waals surface area contributed by atoms with Gasteiger partial charge in [0.15, 0.2) is 0 Å². The molecule has 0 bridgehead atoms. The van der Waals surface area contributed by atoms with Crippen LogP contribution in [0.25, 0.3) is 10.8 Å². The number of hydrogen-bond donors (Lipinski definition) is 1. The molecule has 2 aliphatic heterocycles. The highest BCUT2D eigenvalue weighted by atomic mass is 32.2. The van der Waals surface area contributed by atoms with E-state index in [1.807, 2.05) is 18.0 Å². The van der Waals surface area contributed by atoms with Crippen molar-refractivity contribution in [2.45, 2.75) is 58.4 Å². The van der Waals surface area contributed by atoms with Crippen molar-refractivity contribution in [1.29, 1.82) is 0 Å². The monoisotopic (exact) mass is 554 g/mol. The summed E-state index contributed by atoms with van der Waals surface area (Å²) in [6, 6.07) is 8.65. The lowest BCUT2D eigenvalue weighted by molar-refractivity contribution is 0.0194. The Bertz CT molecular complexity index is 1340. The number of ether oxygens (including phenoxy) is 1. The molecule has 2 aromatic heterocycles. The lowest BCUT2D eigenvalue weighted by Crippen LogP contribution is -2.56. The number of halogens is 1. The summed E-state index contributed by atoms with van der Waals surface area (Å²) in [5, 5.41) is 5.61. The molecule has 1 N–H and O–H groups in total. The van der Waals surface area contributed by atoms with Crippen LogP contribution in [0.1, 0.15) is 45.6 Å². The predicted octanol–water partition coefficient (Wildman–Crippen LogP) is 5.05. The van der Waals surface area contributed by atoms with Gasteiger partial charge in [-0.15, -0.1) is 0 Å². The van der Waals surface area contributed by atoms with Crippen molar-refractivity contribution in [3.8, 4) is 0 Å². The van der Waals surface area contributed by atoms with Gasteiger partial charge >= 0.3 is 0 Å². The standard InChI is InChI=1S/C29H39FN6O2S/c1-6-39(37)17-20-15-36(19(20)4)25-8-7-21(18(2)3)22-13-28(32-14-23(22)25)33-27-9-11-31-29(34-27)35-12-10-26(38-5)24(30)16-35/h7-9,11,13-14,18-20,24,26H,6,10,12,15-17H2,1-5H3,(H,31,32,33,34)/t19-,20-,24+,26-,39+/m1/s1. The van der Waals surface area contributed by atoms with Gasteiger partial charge in [-0.3, -0.25) is 4.21 Å². The predicted molar refractivity (Wildman–Crippen MR) is 158 cm³/mol. The topological polar surface area (TPSA) is 83.5 Å². The number of anilines is 4. The van der Waals surface area contributed by atoms with Gasteiger partial charge in [-0.05, 0) is 48.4 Å². The van der Waals surface area contributed by atoms with E-state index in [9.17, 15) is 8.60 Å². The zero-order valence-corrected chi connectivity index (χ0v) is 24.2. The second kappa shape index (κ2) is 11.7. The molecule has 5 atom stereocenters. The number of hydrogen-bond acceptors (Lipinski definition) is 8. The van der Waals surface area contributed by atoms with E-state index in [1.54, 1.807) is 19.4 Å². The lowest BCUT2D eigenvalue weighted by atomic mass is 9.88. The summed E-state index contributed by atoms with van der Waals surface area (Å²) < 4.78 is 31.8. The molecule has 5 rings (SSSR count). The minimum atomic E-state index is -1.08. The Hall–Kier alpha value is -2.85. The minimum absolute atomic E-state index is 0.209. The van der Waals surface area contributed by atoms with Crippen molar-refractivity contribution in [2.24, 2.45) is 5.92 Å². The molecule has 210 valence electrons. The Kier molecular flexibility index (Phi) is 8.32. The number of nitrogens with one attached hydrogen (secondary N) is 1. The van der Waals surface area contributed by atoms with Crippen LogP contribution < -0.4 is 15.1 Å². The second-order valence-corrected chi connectivity index (χ2v) is 12.7. The average molecular weight is 555 g/mol. The van der Waals surface area contributed by atoms with Crippen LogP contribution in [-0.2, 0) is 15.5 Å². The van der Waals surface area contributed by atoms with E-state index < -0.39 is 17.0 Å². The van der Waals surface area contributed by atoms with Crippen LogP contribution in [0.5, 0.6) is 0 Å². The van der Waals surface area contributed by atoms with Gasteiger partial charge in [0.25, 0.3) is 0 Å². The zero-order valence-electron chi connectivity index (χ0n) is 23.4. The van der Waals surface area contributed by atoms with Gasteiger partial charge in [-0.1, -0.05) is 26.8 Å². The Morgan fingerprint density at radius 2 is 2.00 bits per heavy atom. The molecule has 39 heavy (non-hydrogen) atoms. The number of nitrogens with zero attached hydrogens (tertiary/aromatic N) is 5. The van der Waals surface area contributed by atoms with E-state index in [1.165, 1.54) is 11.3 Å². The maximum absolute atomic E-state index is 14.5. The van der Waals surface area contributed by atoms with Gasteiger partial charge in [0.2, 0.25) is 5.95 Å². The third kappa shape index (κ3) is 5.72. The van der Waals surface area contributed by atoms with Crippen LogP contribution in [0.15, 0.2) is 36.7 Å². The molecule has 3 aromatic rings. The van der Waals surface area contributed by atoms with Crippen molar-refractivity contribution < 1.29 is 13.3 Å². The highest BCUT2D eigenvalue weighted by molar-refractivity contribution is 7.84. The quantitative estimate of drug-likeness (QED) is 0.394. The van der Waals surface area contributed by atoms with Crippen LogP contribution in [0.4, 0.5) is 27.7 Å². The summed E-state index contributed by atoms with van der Waals surface area (Å²) in [6.45, 7) is 10.4. The van der Waals surface area contributed by atoms with Gasteiger partial charge in [-0.2, -0.15) is 4.98 Å². The van der Waals surface area contributed by atoms with Crippen molar-refractivity contribution in [2.75, 3.05) is 53.4 Å². The van der Waals surface area contributed by atoms with Gasteiger partial charge in [0.1, 0.15) is 17.8 Å². The fourth-order valence-electron chi connectivity index (χ4n) is 5.66. The van der Waals surface area contributed by atoms with E-state index in [4.69, 9.17) is 9.72 Å². The molecule has 8 nitrogen and oxygen atoms in total. The smallest absolute Gasteiger partial charge is 0.227 e. The normalized spacial score (nSPS) is 24.2. The Labute approximate surface area is 232 Å². The number of rotatable bonds is 9. The summed E-state index contributed by atoms with van der Waals surface area (Å²) in [7, 11) is 0.802. The third-order valence-corrected chi connectivity index (χ3v) is 9.58. The SMILES string of the molecule is CC[S@](=O)C[C@H]1CN(c2ccc(C(C)C)c3cc(Nc4ccnc(N5CC[C@@H](OC)[C@@H](F)C5)n4)ncc23)[C@@H]1C. The van der Waals surface area contributed by atoms with Crippen molar-refractivity contribution >= 4 is 44.8 Å². The molecule has 2 fully saturated rings. The van der Waals surface area contributed by atoms with Gasteiger partial charge in [0, 0.05) is 77.9 Å². The average Bonchev–Trinajstić information content (AvgIpc) is 2.94. The van der Waals surface area contributed by atoms with Gasteiger partial charge < -0.3 is 19.9 Å². The van der Waals surface area contributed by atoms with Crippen LogP contribution in [0.3, 0.4) is 0 Å². The van der Waals surface area contributed by atoms with Crippen LogP contribution in [-0.4, -0.2) is 75.7 Å². The molecule has 0 saturated carbocycles. The number of alkyl halides is 1. The molecule has 0 amide bonds. The molecule has 0 aliphatic carbocycles. The lowest BCUT2D eigenvalue weighted by Gasteiger charge is -2.48. The molecule has 2 aliphatic rings. The number of piperidine rings is 1. The second-order valence-electron chi connectivity index (χ2n) is 10.9. The van der Waals surface area contributed by atoms with Crippen molar-refractivity contribution in [3.63, 3.8) is 0 Å². The van der Waals surface area contributed by atoms with E-state index in [-0.39, 0.29) is 12.6 Å². The van der Waals surface area contributed by atoms with Crippen LogP contribution in [0.2, 0.25) is 0 Å². The fraction of sp³-hybridized carbons (Fsp3) is 0.552.